The molecule has 1 aromatic carbocycles. The van der Waals surface area contributed by atoms with E-state index in [0.717, 1.165) is 29.9 Å². The molecule has 2 aromatic rings. The van der Waals surface area contributed by atoms with Gasteiger partial charge >= 0.3 is 0 Å². The number of hydrogen-bond acceptors (Lipinski definition) is 4. The lowest BCUT2D eigenvalue weighted by Gasteiger charge is -2.27. The van der Waals surface area contributed by atoms with Crippen molar-refractivity contribution < 1.29 is 0 Å². The quantitative estimate of drug-likeness (QED) is 0.749. The summed E-state index contributed by atoms with van der Waals surface area (Å²) < 4.78 is 2.42. The summed E-state index contributed by atoms with van der Waals surface area (Å²) in [6.45, 7) is 6.60. The van der Waals surface area contributed by atoms with E-state index in [4.69, 9.17) is 0 Å². The zero-order chi connectivity index (χ0) is 16.5. The van der Waals surface area contributed by atoms with Crippen LogP contribution in [0.3, 0.4) is 0 Å². The fraction of sp³-hybridized carbons (Fsp3) is 0.579. The molecular formula is C19H26N4S. The van der Waals surface area contributed by atoms with Gasteiger partial charge in [0, 0.05) is 24.9 Å². The van der Waals surface area contributed by atoms with Gasteiger partial charge in [-0.2, -0.15) is 0 Å². The summed E-state index contributed by atoms with van der Waals surface area (Å²) in [5, 5.41) is 10.2. The summed E-state index contributed by atoms with van der Waals surface area (Å²) in [7, 11) is 0. The zero-order valence-electron chi connectivity index (χ0n) is 14.7. The number of aromatic nitrogens is 3. The molecule has 1 aliphatic carbocycles. The lowest BCUT2D eigenvalue weighted by molar-refractivity contribution is 0.548. The van der Waals surface area contributed by atoms with Crippen molar-refractivity contribution in [3.05, 3.63) is 34.9 Å². The summed E-state index contributed by atoms with van der Waals surface area (Å²) in [5.74, 6) is 2.08. The Kier molecular flexibility index (Phi) is 4.53. The lowest BCUT2D eigenvalue weighted by atomic mass is 10.1. The van der Waals surface area contributed by atoms with Gasteiger partial charge < -0.3 is 4.90 Å². The standard InChI is InChI=1S/C19H26N4S/c1-14-10-15(2)12-16(11-14)13-24-19-21-20-18(23(19)17-6-7-17)22-8-4-3-5-9-22/h10-12,17H,3-9,13H2,1-2H3. The number of piperidine rings is 1. The third kappa shape index (κ3) is 3.46. The van der Waals surface area contributed by atoms with E-state index in [2.05, 4.69) is 51.7 Å². The van der Waals surface area contributed by atoms with Gasteiger partial charge in [-0.25, -0.2) is 0 Å². The Balaban J connectivity index is 1.53. The van der Waals surface area contributed by atoms with Crippen LogP contribution in [0.25, 0.3) is 0 Å². The highest BCUT2D eigenvalue weighted by atomic mass is 32.2. The molecule has 1 saturated carbocycles. The molecule has 2 aliphatic rings. The maximum Gasteiger partial charge on any atom is 0.228 e. The SMILES string of the molecule is Cc1cc(C)cc(CSc2nnc(N3CCCCC3)n2C2CC2)c1. The first-order chi connectivity index (χ1) is 11.7. The van der Waals surface area contributed by atoms with Crippen LogP contribution in [0.2, 0.25) is 0 Å². The molecule has 5 heteroatoms. The molecule has 0 N–H and O–H groups in total. The average molecular weight is 343 g/mol. The van der Waals surface area contributed by atoms with E-state index >= 15 is 0 Å². The summed E-state index contributed by atoms with van der Waals surface area (Å²) in [5.41, 5.74) is 4.05. The summed E-state index contributed by atoms with van der Waals surface area (Å²) in [6.07, 6.45) is 6.46. The molecule has 1 aliphatic heterocycles. The van der Waals surface area contributed by atoms with Crippen LogP contribution in [-0.4, -0.2) is 27.9 Å². The molecule has 128 valence electrons. The number of thioether (sulfide) groups is 1. The Hall–Kier alpha value is -1.49. The third-order valence-electron chi connectivity index (χ3n) is 4.85. The largest absolute Gasteiger partial charge is 0.341 e. The van der Waals surface area contributed by atoms with Gasteiger partial charge in [-0.1, -0.05) is 41.1 Å². The van der Waals surface area contributed by atoms with Crippen molar-refractivity contribution in [1.29, 1.82) is 0 Å². The van der Waals surface area contributed by atoms with Gasteiger partial charge in [0.05, 0.1) is 0 Å². The van der Waals surface area contributed by atoms with Crippen LogP contribution in [-0.2, 0) is 5.75 Å². The maximum atomic E-state index is 4.57. The monoisotopic (exact) mass is 342 g/mol. The Morgan fingerprint density at radius 1 is 1.00 bits per heavy atom. The van der Waals surface area contributed by atoms with E-state index < -0.39 is 0 Å². The lowest BCUT2D eigenvalue weighted by Crippen LogP contribution is -2.31. The fourth-order valence-corrected chi connectivity index (χ4v) is 4.56. The van der Waals surface area contributed by atoms with Gasteiger partial charge in [0.15, 0.2) is 5.16 Å². The molecule has 0 amide bonds. The van der Waals surface area contributed by atoms with Crippen LogP contribution < -0.4 is 4.90 Å². The van der Waals surface area contributed by atoms with Crippen LogP contribution in [0.15, 0.2) is 23.4 Å². The summed E-state index contributed by atoms with van der Waals surface area (Å²) >= 11 is 1.83. The predicted octanol–water partition coefficient (Wildman–Crippen LogP) is 4.51. The van der Waals surface area contributed by atoms with Crippen LogP contribution in [0, 0.1) is 13.8 Å². The normalized spacial score (nSPS) is 18.2. The minimum absolute atomic E-state index is 0.624. The van der Waals surface area contributed by atoms with E-state index in [1.54, 1.807) is 0 Å². The van der Waals surface area contributed by atoms with E-state index in [9.17, 15) is 0 Å². The molecule has 4 nitrogen and oxygen atoms in total. The summed E-state index contributed by atoms with van der Waals surface area (Å²) in [6, 6.07) is 7.42. The second-order valence-electron chi connectivity index (χ2n) is 7.22. The maximum absolute atomic E-state index is 4.57. The van der Waals surface area contributed by atoms with Crippen molar-refractivity contribution in [2.75, 3.05) is 18.0 Å². The van der Waals surface area contributed by atoms with E-state index in [1.165, 1.54) is 48.8 Å². The van der Waals surface area contributed by atoms with Crippen molar-refractivity contribution >= 4 is 17.7 Å². The highest BCUT2D eigenvalue weighted by Gasteiger charge is 2.31. The highest BCUT2D eigenvalue weighted by molar-refractivity contribution is 7.98. The first kappa shape index (κ1) is 16.0. The summed E-state index contributed by atoms with van der Waals surface area (Å²) in [4.78, 5) is 2.44. The highest BCUT2D eigenvalue weighted by Crippen LogP contribution is 2.41. The Labute approximate surface area is 148 Å². The number of hydrogen-bond donors (Lipinski definition) is 0. The third-order valence-corrected chi connectivity index (χ3v) is 5.86. The van der Waals surface area contributed by atoms with Crippen LogP contribution in [0.4, 0.5) is 5.95 Å². The number of benzene rings is 1. The van der Waals surface area contributed by atoms with Gasteiger partial charge in [-0.3, -0.25) is 4.57 Å². The zero-order valence-corrected chi connectivity index (χ0v) is 15.5. The molecule has 1 saturated heterocycles. The van der Waals surface area contributed by atoms with Crippen molar-refractivity contribution in [2.45, 2.75) is 62.9 Å². The molecule has 24 heavy (non-hydrogen) atoms. The molecule has 4 rings (SSSR count). The second-order valence-corrected chi connectivity index (χ2v) is 8.16. The van der Waals surface area contributed by atoms with Gasteiger partial charge in [0.25, 0.3) is 0 Å². The molecule has 2 fully saturated rings. The van der Waals surface area contributed by atoms with Gasteiger partial charge in [-0.05, 0) is 51.5 Å². The minimum atomic E-state index is 0.624. The molecule has 2 heterocycles. The van der Waals surface area contributed by atoms with Crippen LogP contribution in [0.5, 0.6) is 0 Å². The van der Waals surface area contributed by atoms with E-state index in [1.807, 2.05) is 11.8 Å². The van der Waals surface area contributed by atoms with E-state index in [-0.39, 0.29) is 0 Å². The van der Waals surface area contributed by atoms with Crippen LogP contribution in [0.1, 0.15) is 54.8 Å². The second kappa shape index (κ2) is 6.79. The molecular weight excluding hydrogens is 316 g/mol. The van der Waals surface area contributed by atoms with Crippen molar-refractivity contribution in [2.24, 2.45) is 0 Å². The smallest absolute Gasteiger partial charge is 0.228 e. The number of rotatable bonds is 5. The Bertz CT molecular complexity index is 694. The average Bonchev–Trinajstić information content (AvgIpc) is 3.32. The molecule has 0 bridgehead atoms. The molecule has 0 radical (unpaired) electrons. The van der Waals surface area contributed by atoms with Crippen molar-refractivity contribution in [3.63, 3.8) is 0 Å². The number of nitrogens with zero attached hydrogens (tertiary/aromatic N) is 4. The molecule has 0 atom stereocenters. The topological polar surface area (TPSA) is 34.0 Å². The van der Waals surface area contributed by atoms with E-state index in [0.29, 0.717) is 6.04 Å². The van der Waals surface area contributed by atoms with Crippen LogP contribution >= 0.6 is 11.8 Å². The Morgan fingerprint density at radius 2 is 1.71 bits per heavy atom. The Morgan fingerprint density at radius 3 is 2.38 bits per heavy atom. The first-order valence-electron chi connectivity index (χ1n) is 9.10. The molecule has 1 aromatic heterocycles. The van der Waals surface area contributed by atoms with Gasteiger partial charge in [0.2, 0.25) is 5.95 Å². The fourth-order valence-electron chi connectivity index (χ4n) is 3.63. The number of anilines is 1. The molecule has 0 spiro atoms. The predicted molar refractivity (Wildman–Crippen MR) is 99.8 cm³/mol. The van der Waals surface area contributed by atoms with Gasteiger partial charge in [-0.15, -0.1) is 10.2 Å². The van der Waals surface area contributed by atoms with Gasteiger partial charge in [0.1, 0.15) is 0 Å². The number of aryl methyl sites for hydroxylation is 2. The first-order valence-corrected chi connectivity index (χ1v) is 10.1. The minimum Gasteiger partial charge on any atom is -0.341 e. The van der Waals surface area contributed by atoms with Crippen molar-refractivity contribution in [1.82, 2.24) is 14.8 Å². The molecule has 0 unspecified atom stereocenters. The van der Waals surface area contributed by atoms with Crippen molar-refractivity contribution in [3.8, 4) is 0 Å².